The highest BCUT2D eigenvalue weighted by Crippen LogP contribution is 2.52. The van der Waals surface area contributed by atoms with Gasteiger partial charge in [0.1, 0.15) is 0 Å². The van der Waals surface area contributed by atoms with Gasteiger partial charge in [-0.1, -0.05) is 36.4 Å². The first kappa shape index (κ1) is 24.9. The fourth-order valence-electron chi connectivity index (χ4n) is 6.90. The van der Waals surface area contributed by atoms with Crippen molar-refractivity contribution in [2.24, 2.45) is 5.92 Å². The number of hydrogen-bond acceptors (Lipinski definition) is 5. The highest BCUT2D eigenvalue weighted by Gasteiger charge is 2.46. The van der Waals surface area contributed by atoms with Gasteiger partial charge in [0.25, 0.3) is 0 Å². The topological polar surface area (TPSA) is 78.7 Å². The van der Waals surface area contributed by atoms with Crippen LogP contribution in [-0.4, -0.2) is 59.8 Å². The van der Waals surface area contributed by atoms with Gasteiger partial charge in [-0.2, -0.15) is 0 Å². The van der Waals surface area contributed by atoms with Crippen molar-refractivity contribution in [1.82, 2.24) is 14.8 Å². The highest BCUT2D eigenvalue weighted by atomic mass is 16.3. The Kier molecular flexibility index (Phi) is 6.78. The van der Waals surface area contributed by atoms with Crippen LogP contribution in [0.25, 0.3) is 11.3 Å². The first-order valence-corrected chi connectivity index (χ1v) is 13.9. The molecular weight excluding hydrogens is 476 g/mol. The van der Waals surface area contributed by atoms with Gasteiger partial charge in [-0.25, -0.2) is 4.98 Å². The number of amides is 2. The number of likely N-dealkylation sites (tertiary alicyclic amines) is 2. The van der Waals surface area contributed by atoms with Gasteiger partial charge < -0.3 is 19.5 Å². The molecule has 7 heteroatoms. The van der Waals surface area contributed by atoms with Gasteiger partial charge in [-0.3, -0.25) is 9.59 Å². The summed E-state index contributed by atoms with van der Waals surface area (Å²) in [6, 6.07) is 16.3. The zero-order valence-electron chi connectivity index (χ0n) is 22.1. The van der Waals surface area contributed by atoms with Crippen LogP contribution in [-0.2, 0) is 15.0 Å². The molecule has 6 rings (SSSR count). The maximum absolute atomic E-state index is 13.2. The maximum atomic E-state index is 13.2. The SMILES string of the molecule is CN1CCC(C(=O)N2CCC3(CC2)CC(CC(=O)Nc2cccc(-c4cnco4)c2)c2ccccc23)CC1. The van der Waals surface area contributed by atoms with Crippen LogP contribution < -0.4 is 5.32 Å². The largest absolute Gasteiger partial charge is 0.444 e. The monoisotopic (exact) mass is 512 g/mol. The second kappa shape index (κ2) is 10.4. The number of aromatic nitrogens is 1. The summed E-state index contributed by atoms with van der Waals surface area (Å²) in [6.07, 6.45) is 8.37. The Morgan fingerprint density at radius 1 is 1.05 bits per heavy atom. The highest BCUT2D eigenvalue weighted by molar-refractivity contribution is 5.92. The quantitative estimate of drug-likeness (QED) is 0.517. The number of anilines is 1. The van der Waals surface area contributed by atoms with Crippen LogP contribution in [0.15, 0.2) is 65.5 Å². The number of hydrogen-bond donors (Lipinski definition) is 1. The third-order valence-corrected chi connectivity index (χ3v) is 9.00. The van der Waals surface area contributed by atoms with E-state index in [-0.39, 0.29) is 23.2 Å². The van der Waals surface area contributed by atoms with Gasteiger partial charge in [-0.05, 0) is 86.8 Å². The summed E-state index contributed by atoms with van der Waals surface area (Å²) in [5.41, 5.74) is 4.37. The molecule has 2 amide bonds. The summed E-state index contributed by atoms with van der Waals surface area (Å²) in [5, 5.41) is 3.10. The minimum absolute atomic E-state index is 0.0199. The van der Waals surface area contributed by atoms with Crippen molar-refractivity contribution in [3.8, 4) is 11.3 Å². The molecule has 1 atom stereocenters. The van der Waals surface area contributed by atoms with Crippen LogP contribution in [0.2, 0.25) is 0 Å². The number of fused-ring (bicyclic) bond motifs is 2. The number of oxazole rings is 1. The van der Waals surface area contributed by atoms with E-state index in [9.17, 15) is 9.59 Å². The van der Waals surface area contributed by atoms with E-state index < -0.39 is 0 Å². The number of nitrogens with zero attached hydrogens (tertiary/aromatic N) is 3. The number of rotatable bonds is 5. The van der Waals surface area contributed by atoms with Crippen LogP contribution in [0.1, 0.15) is 55.6 Å². The summed E-state index contributed by atoms with van der Waals surface area (Å²) in [7, 11) is 2.13. The van der Waals surface area contributed by atoms with Crippen LogP contribution in [0.3, 0.4) is 0 Å². The van der Waals surface area contributed by atoms with E-state index in [1.165, 1.54) is 17.5 Å². The Balaban J connectivity index is 1.11. The summed E-state index contributed by atoms with van der Waals surface area (Å²) >= 11 is 0. The Bertz CT molecular complexity index is 1290. The Labute approximate surface area is 224 Å². The molecule has 1 unspecified atom stereocenters. The molecule has 38 heavy (non-hydrogen) atoms. The van der Waals surface area contributed by atoms with Crippen LogP contribution >= 0.6 is 0 Å². The van der Waals surface area contributed by atoms with E-state index in [1.807, 2.05) is 24.3 Å². The molecule has 3 aromatic rings. The standard InChI is InChI=1S/C31H36N4O3/c1-34-13-9-22(10-14-34)30(37)35-15-11-31(12-16-35)19-24(26-7-2-3-8-27(26)31)18-29(36)33-25-6-4-5-23(17-25)28-20-32-21-38-28/h2-8,17,20-22,24H,9-16,18-19H2,1H3,(H,33,36). The Hall–Kier alpha value is -3.45. The molecule has 0 bridgehead atoms. The molecule has 1 spiro atoms. The first-order valence-electron chi connectivity index (χ1n) is 13.9. The maximum Gasteiger partial charge on any atom is 0.225 e. The summed E-state index contributed by atoms with van der Waals surface area (Å²) in [4.78, 5) is 34.8. The lowest BCUT2D eigenvalue weighted by Gasteiger charge is -2.42. The third-order valence-electron chi connectivity index (χ3n) is 9.00. The van der Waals surface area contributed by atoms with Gasteiger partial charge in [0.2, 0.25) is 11.8 Å². The molecule has 2 aromatic carbocycles. The average Bonchev–Trinajstić information content (AvgIpc) is 3.57. The molecule has 7 nitrogen and oxygen atoms in total. The van der Waals surface area contributed by atoms with Gasteiger partial charge in [0.05, 0.1) is 6.20 Å². The predicted molar refractivity (Wildman–Crippen MR) is 147 cm³/mol. The fraction of sp³-hybridized carbons (Fsp3) is 0.452. The van der Waals surface area contributed by atoms with Gasteiger partial charge >= 0.3 is 0 Å². The molecule has 1 aromatic heterocycles. The van der Waals surface area contributed by atoms with E-state index in [0.29, 0.717) is 18.1 Å². The average molecular weight is 513 g/mol. The number of carbonyl (C=O) groups is 2. The Morgan fingerprint density at radius 2 is 1.84 bits per heavy atom. The van der Waals surface area contributed by atoms with E-state index in [4.69, 9.17) is 4.42 Å². The molecular formula is C31H36N4O3. The molecule has 3 aliphatic rings. The first-order chi connectivity index (χ1) is 18.5. The zero-order valence-corrected chi connectivity index (χ0v) is 22.1. The van der Waals surface area contributed by atoms with Crippen LogP contribution in [0.4, 0.5) is 5.69 Å². The van der Waals surface area contributed by atoms with Crippen molar-refractivity contribution in [3.05, 3.63) is 72.2 Å². The van der Waals surface area contributed by atoms with E-state index in [0.717, 1.165) is 69.5 Å². The molecule has 1 N–H and O–H groups in total. The minimum atomic E-state index is 0.0199. The van der Waals surface area contributed by atoms with Crippen molar-refractivity contribution in [3.63, 3.8) is 0 Å². The molecule has 198 valence electrons. The van der Waals surface area contributed by atoms with E-state index >= 15 is 0 Å². The van der Waals surface area contributed by atoms with Gasteiger partial charge in [-0.15, -0.1) is 0 Å². The summed E-state index contributed by atoms with van der Waals surface area (Å²) in [6.45, 7) is 3.64. The molecule has 1 aliphatic carbocycles. The number of benzene rings is 2. The zero-order chi connectivity index (χ0) is 26.1. The van der Waals surface area contributed by atoms with Crippen molar-refractivity contribution >= 4 is 17.5 Å². The van der Waals surface area contributed by atoms with E-state index in [2.05, 4.69) is 51.4 Å². The molecule has 2 saturated heterocycles. The minimum Gasteiger partial charge on any atom is -0.444 e. The third kappa shape index (κ3) is 4.87. The summed E-state index contributed by atoms with van der Waals surface area (Å²) in [5.74, 6) is 1.40. The lowest BCUT2D eigenvalue weighted by molar-refractivity contribution is -0.138. The normalized spacial score (nSPS) is 21.4. The second-order valence-corrected chi connectivity index (χ2v) is 11.4. The van der Waals surface area contributed by atoms with Gasteiger partial charge in [0.15, 0.2) is 12.2 Å². The number of nitrogens with one attached hydrogen (secondary N) is 1. The number of carbonyl (C=O) groups excluding carboxylic acids is 2. The van der Waals surface area contributed by atoms with E-state index in [1.54, 1.807) is 6.20 Å². The van der Waals surface area contributed by atoms with Crippen molar-refractivity contribution in [1.29, 1.82) is 0 Å². The molecule has 2 aliphatic heterocycles. The summed E-state index contributed by atoms with van der Waals surface area (Å²) < 4.78 is 5.40. The predicted octanol–water partition coefficient (Wildman–Crippen LogP) is 5.06. The van der Waals surface area contributed by atoms with Crippen molar-refractivity contribution in [2.45, 2.75) is 49.9 Å². The fourth-order valence-corrected chi connectivity index (χ4v) is 6.90. The lowest BCUT2D eigenvalue weighted by Crippen LogP contribution is -2.48. The molecule has 2 fully saturated rings. The van der Waals surface area contributed by atoms with Crippen molar-refractivity contribution < 1.29 is 14.0 Å². The molecule has 0 radical (unpaired) electrons. The smallest absolute Gasteiger partial charge is 0.225 e. The van der Waals surface area contributed by atoms with Crippen LogP contribution in [0.5, 0.6) is 0 Å². The van der Waals surface area contributed by atoms with Gasteiger partial charge in [0, 0.05) is 36.7 Å². The van der Waals surface area contributed by atoms with Crippen LogP contribution in [0, 0.1) is 5.92 Å². The lowest BCUT2D eigenvalue weighted by atomic mass is 9.73. The molecule has 0 saturated carbocycles. The molecule has 3 heterocycles. The van der Waals surface area contributed by atoms with Crippen molar-refractivity contribution in [2.75, 3.05) is 38.5 Å². The number of piperidine rings is 2. The Morgan fingerprint density at radius 3 is 2.61 bits per heavy atom. The second-order valence-electron chi connectivity index (χ2n) is 11.4.